The first-order chi connectivity index (χ1) is 6.47. The summed E-state index contributed by atoms with van der Waals surface area (Å²) in [4.78, 5) is 10.5. The van der Waals surface area contributed by atoms with Crippen molar-refractivity contribution in [1.82, 2.24) is 0 Å². The van der Waals surface area contributed by atoms with Gasteiger partial charge in [-0.1, -0.05) is 45.0 Å². The van der Waals surface area contributed by atoms with Gasteiger partial charge in [0.2, 0.25) is 0 Å². The van der Waals surface area contributed by atoms with E-state index in [1.807, 2.05) is 12.1 Å². The van der Waals surface area contributed by atoms with Crippen molar-refractivity contribution < 1.29 is 39.5 Å². The van der Waals surface area contributed by atoms with Crippen LogP contribution in [-0.2, 0) is 5.41 Å². The number of hydrogen-bond donors (Lipinski definition) is 0. The summed E-state index contributed by atoms with van der Waals surface area (Å²) in [6.45, 7) is 6.40. The molecule has 0 bridgehead atoms. The third-order valence-electron chi connectivity index (χ3n) is 2.79. The Morgan fingerprint density at radius 1 is 1.27 bits per heavy atom. The van der Waals surface area contributed by atoms with Crippen molar-refractivity contribution in [1.29, 1.82) is 0 Å². The molecule has 1 rings (SSSR count). The zero-order valence-corrected chi connectivity index (χ0v) is 11.8. The maximum Gasteiger partial charge on any atom is 1.00 e. The van der Waals surface area contributed by atoms with Gasteiger partial charge in [0.25, 0.3) is 0 Å². The van der Waals surface area contributed by atoms with E-state index >= 15 is 0 Å². The average Bonchev–Trinajstić information content (AvgIpc) is 2.18. The van der Waals surface area contributed by atoms with Crippen LogP contribution in [-0.4, -0.2) is 5.97 Å². The molecule has 76 valence electrons. The summed E-state index contributed by atoms with van der Waals surface area (Å²) < 4.78 is 0. The molecule has 1 aromatic rings. The summed E-state index contributed by atoms with van der Waals surface area (Å²) in [7, 11) is 0. The van der Waals surface area contributed by atoms with Gasteiger partial charge >= 0.3 is 29.6 Å². The molecule has 0 saturated carbocycles. The Hall–Kier alpha value is -0.310. The number of carboxylic acids is 1. The third-order valence-corrected chi connectivity index (χ3v) is 2.79. The largest absolute Gasteiger partial charge is 1.00 e. The van der Waals surface area contributed by atoms with Crippen LogP contribution in [0.15, 0.2) is 24.3 Å². The molecule has 0 aliphatic heterocycles. The molecule has 0 atom stereocenters. The van der Waals surface area contributed by atoms with E-state index in [2.05, 4.69) is 20.8 Å². The number of carbonyl (C=O) groups is 1. The molecule has 0 saturated heterocycles. The van der Waals surface area contributed by atoms with Crippen molar-refractivity contribution in [3.63, 3.8) is 0 Å². The van der Waals surface area contributed by atoms with Gasteiger partial charge in [-0.05, 0) is 23.0 Å². The van der Waals surface area contributed by atoms with Crippen molar-refractivity contribution in [2.45, 2.75) is 32.6 Å². The standard InChI is InChI=1S/C12H16O2.Na/c1-4-12(2,3)10-7-5-9(6-8-10)11(13)14;/h5-8H,4H2,1-3H3,(H,13,14);/q;+1/p-1. The zero-order valence-electron chi connectivity index (χ0n) is 9.83. The van der Waals surface area contributed by atoms with Crippen LogP contribution in [0.2, 0.25) is 0 Å². The van der Waals surface area contributed by atoms with Gasteiger partial charge < -0.3 is 9.90 Å². The normalized spacial score (nSPS) is 10.6. The maximum absolute atomic E-state index is 10.5. The second-order valence-electron chi connectivity index (χ2n) is 4.10. The average molecular weight is 214 g/mol. The SMILES string of the molecule is CCC(C)(C)c1ccc(C(=O)[O-])cc1.[Na+]. The van der Waals surface area contributed by atoms with Gasteiger partial charge in [0.05, 0.1) is 5.97 Å². The van der Waals surface area contributed by atoms with E-state index < -0.39 is 5.97 Å². The second-order valence-corrected chi connectivity index (χ2v) is 4.10. The van der Waals surface area contributed by atoms with Crippen LogP contribution < -0.4 is 34.7 Å². The van der Waals surface area contributed by atoms with Crippen molar-refractivity contribution in [2.75, 3.05) is 0 Å². The van der Waals surface area contributed by atoms with Crippen LogP contribution in [0.4, 0.5) is 0 Å². The first kappa shape index (κ1) is 14.7. The molecule has 0 unspecified atom stereocenters. The quantitative estimate of drug-likeness (QED) is 0.589. The molecular weight excluding hydrogens is 199 g/mol. The number of carboxylic acid groups (broad SMARTS) is 1. The minimum Gasteiger partial charge on any atom is -0.545 e. The molecule has 0 radical (unpaired) electrons. The van der Waals surface area contributed by atoms with Gasteiger partial charge in [-0.15, -0.1) is 0 Å². The Morgan fingerprint density at radius 2 is 1.73 bits per heavy atom. The Kier molecular flexibility index (Phi) is 5.57. The molecule has 0 aliphatic rings. The van der Waals surface area contributed by atoms with Crippen molar-refractivity contribution >= 4 is 5.97 Å². The zero-order chi connectivity index (χ0) is 10.8. The fourth-order valence-corrected chi connectivity index (χ4v) is 1.26. The molecule has 0 amide bonds. The Morgan fingerprint density at radius 3 is 2.07 bits per heavy atom. The summed E-state index contributed by atoms with van der Waals surface area (Å²) in [6, 6.07) is 6.91. The van der Waals surface area contributed by atoms with Gasteiger partial charge in [-0.2, -0.15) is 0 Å². The molecule has 0 aliphatic carbocycles. The molecule has 0 spiro atoms. The van der Waals surface area contributed by atoms with Gasteiger partial charge in [-0.3, -0.25) is 0 Å². The number of aromatic carboxylic acids is 1. The molecule has 0 heterocycles. The van der Waals surface area contributed by atoms with Gasteiger partial charge in [0, 0.05) is 0 Å². The Balaban J connectivity index is 0.00000196. The Labute approximate surface area is 113 Å². The minimum absolute atomic E-state index is 0. The van der Waals surface area contributed by atoms with E-state index in [1.165, 1.54) is 0 Å². The fourth-order valence-electron chi connectivity index (χ4n) is 1.26. The second kappa shape index (κ2) is 5.69. The van der Waals surface area contributed by atoms with Gasteiger partial charge in [0.15, 0.2) is 0 Å². The van der Waals surface area contributed by atoms with Crippen LogP contribution >= 0.6 is 0 Å². The first-order valence-electron chi connectivity index (χ1n) is 4.79. The van der Waals surface area contributed by atoms with Crippen molar-refractivity contribution in [3.8, 4) is 0 Å². The summed E-state index contributed by atoms with van der Waals surface area (Å²) in [5.74, 6) is -1.12. The van der Waals surface area contributed by atoms with Crippen LogP contribution in [0.25, 0.3) is 0 Å². The number of hydrogen-bond acceptors (Lipinski definition) is 2. The van der Waals surface area contributed by atoms with E-state index in [0.29, 0.717) is 0 Å². The molecule has 0 fully saturated rings. The van der Waals surface area contributed by atoms with Gasteiger partial charge in [-0.25, -0.2) is 0 Å². The summed E-state index contributed by atoms with van der Waals surface area (Å²) in [5.41, 5.74) is 1.50. The Bertz CT molecular complexity index is 328. The first-order valence-corrected chi connectivity index (χ1v) is 4.79. The van der Waals surface area contributed by atoms with Crippen LogP contribution in [0.1, 0.15) is 43.1 Å². The van der Waals surface area contributed by atoms with Crippen LogP contribution in [0.3, 0.4) is 0 Å². The maximum atomic E-state index is 10.5. The molecule has 2 nitrogen and oxygen atoms in total. The van der Waals surface area contributed by atoms with E-state index in [4.69, 9.17) is 0 Å². The van der Waals surface area contributed by atoms with Crippen molar-refractivity contribution in [3.05, 3.63) is 35.4 Å². The summed E-state index contributed by atoms with van der Waals surface area (Å²) >= 11 is 0. The predicted molar refractivity (Wildman–Crippen MR) is 54.1 cm³/mol. The minimum atomic E-state index is -1.12. The molecule has 0 N–H and O–H groups in total. The van der Waals surface area contributed by atoms with Crippen LogP contribution in [0, 0.1) is 0 Å². The smallest absolute Gasteiger partial charge is 0.545 e. The van der Waals surface area contributed by atoms with Crippen molar-refractivity contribution in [2.24, 2.45) is 0 Å². The molecule has 3 heteroatoms. The monoisotopic (exact) mass is 214 g/mol. The predicted octanol–water partition coefficient (Wildman–Crippen LogP) is -1.26. The third kappa shape index (κ3) is 3.63. The van der Waals surface area contributed by atoms with E-state index in [0.717, 1.165) is 12.0 Å². The molecule has 1 aromatic carbocycles. The molecule has 0 aromatic heterocycles. The van der Waals surface area contributed by atoms with E-state index in [-0.39, 0.29) is 40.5 Å². The number of benzene rings is 1. The summed E-state index contributed by atoms with van der Waals surface area (Å²) in [5, 5.41) is 10.5. The van der Waals surface area contributed by atoms with E-state index in [1.54, 1.807) is 12.1 Å². The summed E-state index contributed by atoms with van der Waals surface area (Å²) in [6.07, 6.45) is 1.03. The number of carbonyl (C=O) groups excluding carboxylic acids is 1. The van der Waals surface area contributed by atoms with Crippen LogP contribution in [0.5, 0.6) is 0 Å². The number of rotatable bonds is 3. The topological polar surface area (TPSA) is 40.1 Å². The molecular formula is C12H15NaO2. The fraction of sp³-hybridized carbons (Fsp3) is 0.417. The molecule has 15 heavy (non-hydrogen) atoms. The van der Waals surface area contributed by atoms with Gasteiger partial charge in [0.1, 0.15) is 0 Å². The van der Waals surface area contributed by atoms with E-state index in [9.17, 15) is 9.90 Å².